The SMILES string of the molecule is CCC(=O)NC1CN(c2ccc(N3CCNCC3)c(F)c2)C(=O)O1. The van der Waals surface area contributed by atoms with Crippen molar-refractivity contribution in [2.45, 2.75) is 19.6 Å². The molecular weight excluding hydrogens is 315 g/mol. The Morgan fingerprint density at radius 2 is 2.17 bits per heavy atom. The quantitative estimate of drug-likeness (QED) is 0.860. The minimum Gasteiger partial charge on any atom is -0.423 e. The Balaban J connectivity index is 1.72. The molecule has 0 aromatic heterocycles. The van der Waals surface area contributed by atoms with Gasteiger partial charge in [-0.25, -0.2) is 9.18 Å². The van der Waals surface area contributed by atoms with E-state index in [1.54, 1.807) is 19.1 Å². The summed E-state index contributed by atoms with van der Waals surface area (Å²) in [6.45, 7) is 5.00. The lowest BCUT2D eigenvalue weighted by Gasteiger charge is -2.30. The smallest absolute Gasteiger partial charge is 0.416 e. The molecule has 3 rings (SSSR count). The van der Waals surface area contributed by atoms with Crippen molar-refractivity contribution in [1.82, 2.24) is 10.6 Å². The number of nitrogens with one attached hydrogen (secondary N) is 2. The van der Waals surface area contributed by atoms with Crippen LogP contribution in [0.3, 0.4) is 0 Å². The molecule has 1 aromatic carbocycles. The molecule has 0 aliphatic carbocycles. The summed E-state index contributed by atoms with van der Waals surface area (Å²) in [4.78, 5) is 26.7. The number of cyclic esters (lactones) is 1. The zero-order valence-electron chi connectivity index (χ0n) is 13.5. The van der Waals surface area contributed by atoms with Crippen LogP contribution in [0.4, 0.5) is 20.6 Å². The van der Waals surface area contributed by atoms with Gasteiger partial charge in [-0.05, 0) is 18.2 Å². The van der Waals surface area contributed by atoms with E-state index >= 15 is 0 Å². The molecule has 0 radical (unpaired) electrons. The van der Waals surface area contributed by atoms with Crippen LogP contribution in [0.5, 0.6) is 0 Å². The third kappa shape index (κ3) is 3.43. The van der Waals surface area contributed by atoms with Crippen LogP contribution in [0.1, 0.15) is 13.3 Å². The summed E-state index contributed by atoms with van der Waals surface area (Å²) in [7, 11) is 0. The normalized spacial score (nSPS) is 20.9. The highest BCUT2D eigenvalue weighted by Gasteiger charge is 2.33. The first-order valence-corrected chi connectivity index (χ1v) is 8.11. The maximum absolute atomic E-state index is 14.5. The maximum Gasteiger partial charge on any atom is 0.416 e. The molecular formula is C16H21FN4O3. The second-order valence-electron chi connectivity index (χ2n) is 5.78. The molecule has 2 saturated heterocycles. The lowest BCUT2D eigenvalue weighted by atomic mass is 10.2. The summed E-state index contributed by atoms with van der Waals surface area (Å²) in [6.07, 6.45) is -0.992. The van der Waals surface area contributed by atoms with E-state index < -0.39 is 12.3 Å². The number of nitrogens with zero attached hydrogens (tertiary/aromatic N) is 2. The molecule has 8 heteroatoms. The highest BCUT2D eigenvalue weighted by atomic mass is 19.1. The van der Waals surface area contributed by atoms with Gasteiger partial charge in [-0.15, -0.1) is 0 Å². The number of piperazine rings is 1. The van der Waals surface area contributed by atoms with Crippen LogP contribution in [0.15, 0.2) is 18.2 Å². The number of amides is 2. The summed E-state index contributed by atoms with van der Waals surface area (Å²) in [5.74, 6) is -0.571. The predicted octanol–water partition coefficient (Wildman–Crippen LogP) is 1.04. The van der Waals surface area contributed by atoms with Crippen LogP contribution in [0.25, 0.3) is 0 Å². The van der Waals surface area contributed by atoms with E-state index in [0.717, 1.165) is 26.2 Å². The fraction of sp³-hybridized carbons (Fsp3) is 0.500. The second-order valence-corrected chi connectivity index (χ2v) is 5.78. The fourth-order valence-corrected chi connectivity index (χ4v) is 2.86. The summed E-state index contributed by atoms with van der Waals surface area (Å²) >= 11 is 0. The number of ether oxygens (including phenoxy) is 1. The zero-order chi connectivity index (χ0) is 17.1. The lowest BCUT2D eigenvalue weighted by Crippen LogP contribution is -2.43. The van der Waals surface area contributed by atoms with Gasteiger partial charge in [0.1, 0.15) is 5.82 Å². The molecule has 1 unspecified atom stereocenters. The number of carbonyl (C=O) groups is 2. The maximum atomic E-state index is 14.5. The van der Waals surface area contributed by atoms with Crippen molar-refractivity contribution in [3.63, 3.8) is 0 Å². The minimum absolute atomic E-state index is 0.164. The van der Waals surface area contributed by atoms with Gasteiger partial charge in [-0.2, -0.15) is 0 Å². The third-order valence-corrected chi connectivity index (χ3v) is 4.16. The van der Waals surface area contributed by atoms with Crippen molar-refractivity contribution < 1.29 is 18.7 Å². The van der Waals surface area contributed by atoms with Crippen molar-refractivity contribution in [2.75, 3.05) is 42.5 Å². The summed E-state index contributed by atoms with van der Waals surface area (Å²) < 4.78 is 19.6. The molecule has 2 fully saturated rings. The van der Waals surface area contributed by atoms with Crippen LogP contribution >= 0.6 is 0 Å². The van der Waals surface area contributed by atoms with E-state index in [-0.39, 0.29) is 18.3 Å². The van der Waals surface area contributed by atoms with Crippen LogP contribution in [0, 0.1) is 5.82 Å². The van der Waals surface area contributed by atoms with Gasteiger partial charge in [0.05, 0.1) is 17.9 Å². The number of carbonyl (C=O) groups excluding carboxylic acids is 2. The standard InChI is InChI=1S/C16H21FN4O3/c1-2-14(22)19-15-10-21(16(23)24-15)11-3-4-13(12(17)9-11)20-7-5-18-6-8-20/h3-4,9,15,18H,2,5-8,10H2,1H3,(H,19,22). The lowest BCUT2D eigenvalue weighted by molar-refractivity contribution is -0.123. The van der Waals surface area contributed by atoms with Gasteiger partial charge in [0.15, 0.2) is 6.23 Å². The average molecular weight is 336 g/mol. The molecule has 0 saturated carbocycles. The first kappa shape index (κ1) is 16.5. The van der Waals surface area contributed by atoms with E-state index in [4.69, 9.17) is 4.74 Å². The minimum atomic E-state index is -0.708. The number of halogens is 1. The van der Waals surface area contributed by atoms with Crippen molar-refractivity contribution in [1.29, 1.82) is 0 Å². The molecule has 1 aromatic rings. The topological polar surface area (TPSA) is 73.9 Å². The van der Waals surface area contributed by atoms with E-state index in [9.17, 15) is 14.0 Å². The van der Waals surface area contributed by atoms with E-state index in [1.807, 2.05) is 4.90 Å². The highest BCUT2D eigenvalue weighted by molar-refractivity contribution is 5.90. The van der Waals surface area contributed by atoms with Gasteiger partial charge >= 0.3 is 6.09 Å². The highest BCUT2D eigenvalue weighted by Crippen LogP contribution is 2.27. The third-order valence-electron chi connectivity index (χ3n) is 4.16. The molecule has 0 spiro atoms. The Hall–Kier alpha value is -2.35. The van der Waals surface area contributed by atoms with Crippen molar-refractivity contribution in [3.8, 4) is 0 Å². The summed E-state index contributed by atoms with van der Waals surface area (Å²) in [6, 6.07) is 4.72. The molecule has 7 nitrogen and oxygen atoms in total. The van der Waals surface area contributed by atoms with Crippen LogP contribution in [-0.2, 0) is 9.53 Å². The van der Waals surface area contributed by atoms with Crippen molar-refractivity contribution in [2.24, 2.45) is 0 Å². The van der Waals surface area contributed by atoms with Gasteiger partial charge in [0.2, 0.25) is 5.91 Å². The van der Waals surface area contributed by atoms with Crippen LogP contribution < -0.4 is 20.4 Å². The van der Waals surface area contributed by atoms with Gasteiger partial charge in [-0.3, -0.25) is 9.69 Å². The van der Waals surface area contributed by atoms with E-state index in [2.05, 4.69) is 10.6 Å². The summed E-state index contributed by atoms with van der Waals surface area (Å²) in [5, 5.41) is 5.83. The molecule has 0 bridgehead atoms. The zero-order valence-corrected chi connectivity index (χ0v) is 13.5. The van der Waals surface area contributed by atoms with Gasteiger partial charge < -0.3 is 20.3 Å². The Labute approximate surface area is 139 Å². The van der Waals surface area contributed by atoms with Crippen LogP contribution in [0.2, 0.25) is 0 Å². The van der Waals surface area contributed by atoms with E-state index in [1.165, 1.54) is 11.0 Å². The monoisotopic (exact) mass is 336 g/mol. The first-order valence-electron chi connectivity index (χ1n) is 8.11. The number of rotatable bonds is 4. The first-order chi connectivity index (χ1) is 11.6. The Morgan fingerprint density at radius 1 is 1.42 bits per heavy atom. The number of hydrogen-bond donors (Lipinski definition) is 2. The molecule has 2 amide bonds. The molecule has 130 valence electrons. The summed E-state index contributed by atoms with van der Waals surface area (Å²) in [5.41, 5.74) is 0.952. The Bertz CT molecular complexity index is 634. The van der Waals surface area contributed by atoms with Crippen molar-refractivity contribution >= 4 is 23.4 Å². The second kappa shape index (κ2) is 7.04. The van der Waals surface area contributed by atoms with Crippen LogP contribution in [-0.4, -0.2) is 51.0 Å². The molecule has 2 heterocycles. The fourth-order valence-electron chi connectivity index (χ4n) is 2.86. The molecule has 24 heavy (non-hydrogen) atoms. The Morgan fingerprint density at radius 3 is 2.83 bits per heavy atom. The van der Waals surface area contributed by atoms with Gasteiger partial charge in [0.25, 0.3) is 0 Å². The number of hydrogen-bond acceptors (Lipinski definition) is 5. The number of benzene rings is 1. The van der Waals surface area contributed by atoms with Crippen molar-refractivity contribution in [3.05, 3.63) is 24.0 Å². The predicted molar refractivity (Wildman–Crippen MR) is 87.5 cm³/mol. The average Bonchev–Trinajstić information content (AvgIpc) is 2.95. The van der Waals surface area contributed by atoms with Gasteiger partial charge in [-0.1, -0.05) is 6.92 Å². The van der Waals surface area contributed by atoms with E-state index in [0.29, 0.717) is 17.8 Å². The van der Waals surface area contributed by atoms with Gasteiger partial charge in [0, 0.05) is 32.6 Å². The largest absolute Gasteiger partial charge is 0.423 e. The Kier molecular flexibility index (Phi) is 4.84. The molecule has 2 aliphatic rings. The number of anilines is 2. The molecule has 2 N–H and O–H groups in total. The molecule has 1 atom stereocenters. The molecule has 2 aliphatic heterocycles.